The zero-order valence-corrected chi connectivity index (χ0v) is 28.0. The SMILES string of the molecule is C=CCCC(=O)NC[C@@H](OC(=O)[C@@H]1[C@@H]2CC[C@]3(O2)[C@H](C(=O)N(CC=C)C(C)(C)C)N([C@H](CO)c2ccccc2)C(=O)[C@@H]13)c1ccccc1. The molecule has 0 aliphatic carbocycles. The van der Waals surface area contributed by atoms with Gasteiger partial charge in [-0.15, -0.1) is 13.2 Å². The predicted octanol–water partition coefficient (Wildman–Crippen LogP) is 4.27. The highest BCUT2D eigenvalue weighted by Crippen LogP contribution is 2.60. The molecule has 0 saturated carbocycles. The molecule has 2 N–H and O–H groups in total. The molecule has 0 unspecified atom stereocenters. The zero-order valence-electron chi connectivity index (χ0n) is 28.0. The minimum Gasteiger partial charge on any atom is -0.455 e. The Morgan fingerprint density at radius 3 is 2.31 bits per heavy atom. The number of hydrogen-bond acceptors (Lipinski definition) is 7. The number of allylic oxidation sites excluding steroid dienone is 1. The van der Waals surface area contributed by atoms with Crippen molar-refractivity contribution in [1.29, 1.82) is 0 Å². The molecule has 3 heterocycles. The minimum atomic E-state index is -1.30. The molecule has 0 aromatic heterocycles. The molecule has 5 rings (SSSR count). The summed E-state index contributed by atoms with van der Waals surface area (Å²) in [6, 6.07) is 16.3. The van der Waals surface area contributed by atoms with Crippen molar-refractivity contribution in [3.05, 3.63) is 97.1 Å². The number of carbonyl (C=O) groups excluding carboxylic acids is 4. The lowest BCUT2D eigenvalue weighted by molar-refractivity contribution is -0.161. The maximum Gasteiger partial charge on any atom is 0.313 e. The van der Waals surface area contributed by atoms with Gasteiger partial charge in [0.25, 0.3) is 0 Å². The largest absolute Gasteiger partial charge is 0.455 e. The van der Waals surface area contributed by atoms with Crippen LogP contribution in [-0.2, 0) is 28.7 Å². The molecule has 3 aliphatic heterocycles. The quantitative estimate of drug-likeness (QED) is 0.230. The Morgan fingerprint density at radius 2 is 1.73 bits per heavy atom. The second-order valence-corrected chi connectivity index (χ2v) is 13.8. The summed E-state index contributed by atoms with van der Waals surface area (Å²) in [5, 5.41) is 13.6. The van der Waals surface area contributed by atoms with Crippen molar-refractivity contribution in [2.75, 3.05) is 19.7 Å². The average molecular weight is 658 g/mol. The van der Waals surface area contributed by atoms with E-state index in [2.05, 4.69) is 18.5 Å². The number of nitrogens with zero attached hydrogens (tertiary/aromatic N) is 2. The number of amides is 3. The van der Waals surface area contributed by atoms with Gasteiger partial charge in [-0.25, -0.2) is 0 Å². The van der Waals surface area contributed by atoms with Gasteiger partial charge in [0, 0.05) is 18.5 Å². The number of ether oxygens (including phenoxy) is 2. The van der Waals surface area contributed by atoms with Crippen LogP contribution in [0.3, 0.4) is 0 Å². The molecule has 256 valence electrons. The van der Waals surface area contributed by atoms with E-state index in [4.69, 9.17) is 9.47 Å². The molecule has 48 heavy (non-hydrogen) atoms. The van der Waals surface area contributed by atoms with Crippen LogP contribution in [0.15, 0.2) is 86.0 Å². The Bertz CT molecular complexity index is 1510. The van der Waals surface area contributed by atoms with Gasteiger partial charge in [0.1, 0.15) is 17.7 Å². The Balaban J connectivity index is 1.52. The van der Waals surface area contributed by atoms with E-state index in [0.29, 0.717) is 30.4 Å². The van der Waals surface area contributed by atoms with E-state index in [1.807, 2.05) is 81.4 Å². The number of aliphatic hydroxyl groups is 1. The molecule has 1 spiro atoms. The summed E-state index contributed by atoms with van der Waals surface area (Å²) in [6.45, 7) is 13.1. The van der Waals surface area contributed by atoms with Crippen LogP contribution in [0, 0.1) is 11.8 Å². The maximum atomic E-state index is 14.7. The molecule has 2 aromatic rings. The molecule has 0 radical (unpaired) electrons. The first kappa shape index (κ1) is 35.0. The van der Waals surface area contributed by atoms with E-state index in [0.717, 1.165) is 0 Å². The molecule has 2 aromatic carbocycles. The monoisotopic (exact) mass is 657 g/mol. The lowest BCUT2D eigenvalue weighted by Gasteiger charge is -2.43. The van der Waals surface area contributed by atoms with Gasteiger partial charge in [-0.2, -0.15) is 0 Å². The first-order valence-electron chi connectivity index (χ1n) is 16.7. The van der Waals surface area contributed by atoms with E-state index in [-0.39, 0.29) is 31.3 Å². The molecule has 3 aliphatic rings. The molecule has 7 atom stereocenters. The van der Waals surface area contributed by atoms with E-state index >= 15 is 0 Å². The summed E-state index contributed by atoms with van der Waals surface area (Å²) < 4.78 is 12.8. The maximum absolute atomic E-state index is 14.7. The van der Waals surface area contributed by atoms with E-state index in [1.54, 1.807) is 17.1 Å². The van der Waals surface area contributed by atoms with Crippen LogP contribution >= 0.6 is 0 Å². The van der Waals surface area contributed by atoms with Crippen LogP contribution in [0.1, 0.15) is 69.7 Å². The van der Waals surface area contributed by atoms with Crippen molar-refractivity contribution in [3.63, 3.8) is 0 Å². The molecule has 3 fully saturated rings. The van der Waals surface area contributed by atoms with Crippen molar-refractivity contribution < 1.29 is 33.8 Å². The first-order valence-corrected chi connectivity index (χ1v) is 16.7. The van der Waals surface area contributed by atoms with Crippen LogP contribution in [0.5, 0.6) is 0 Å². The summed E-state index contributed by atoms with van der Waals surface area (Å²) in [7, 11) is 0. The number of nitrogens with one attached hydrogen (secondary N) is 1. The molecule has 3 saturated heterocycles. The van der Waals surface area contributed by atoms with Crippen LogP contribution in [-0.4, -0.2) is 81.6 Å². The number of rotatable bonds is 14. The van der Waals surface area contributed by atoms with E-state index < -0.39 is 65.8 Å². The van der Waals surface area contributed by atoms with Crippen molar-refractivity contribution >= 4 is 23.7 Å². The summed E-state index contributed by atoms with van der Waals surface area (Å²) in [5.74, 6) is -3.56. The van der Waals surface area contributed by atoms with Gasteiger partial charge in [0.15, 0.2) is 0 Å². The van der Waals surface area contributed by atoms with Gasteiger partial charge in [0.05, 0.1) is 37.1 Å². The topological polar surface area (TPSA) is 125 Å². The lowest BCUT2D eigenvalue weighted by atomic mass is 9.70. The van der Waals surface area contributed by atoms with Gasteiger partial charge < -0.3 is 29.7 Å². The van der Waals surface area contributed by atoms with Crippen LogP contribution < -0.4 is 5.32 Å². The van der Waals surface area contributed by atoms with E-state index in [1.165, 1.54) is 4.90 Å². The summed E-state index contributed by atoms with van der Waals surface area (Å²) in [6.07, 6.45) is 3.49. The third-order valence-corrected chi connectivity index (χ3v) is 9.81. The number of aliphatic hydroxyl groups excluding tert-OH is 1. The third-order valence-electron chi connectivity index (χ3n) is 9.81. The Hall–Kier alpha value is -4.28. The highest BCUT2D eigenvalue weighted by molar-refractivity contribution is 5.98. The predicted molar refractivity (Wildman–Crippen MR) is 180 cm³/mol. The number of esters is 1. The highest BCUT2D eigenvalue weighted by Gasteiger charge is 2.76. The number of hydrogen-bond donors (Lipinski definition) is 2. The summed E-state index contributed by atoms with van der Waals surface area (Å²) in [5.41, 5.74) is -0.560. The first-order chi connectivity index (χ1) is 23.0. The minimum absolute atomic E-state index is 0.0453. The van der Waals surface area contributed by atoms with Gasteiger partial charge in [-0.05, 0) is 51.2 Å². The highest BCUT2D eigenvalue weighted by atomic mass is 16.6. The number of benzene rings is 2. The fraction of sp³-hybridized carbons (Fsp3) is 0.474. The fourth-order valence-corrected chi connectivity index (χ4v) is 7.62. The van der Waals surface area contributed by atoms with Crippen LogP contribution in [0.2, 0.25) is 0 Å². The molecule has 10 heteroatoms. The van der Waals surface area contributed by atoms with Gasteiger partial charge >= 0.3 is 5.97 Å². The Kier molecular flexibility index (Phi) is 10.6. The number of likely N-dealkylation sites (tertiary alicyclic amines) is 1. The normalized spacial score (nSPS) is 25.6. The Labute approximate surface area is 282 Å². The zero-order chi connectivity index (χ0) is 34.6. The van der Waals surface area contributed by atoms with Gasteiger partial charge in [0.2, 0.25) is 17.7 Å². The van der Waals surface area contributed by atoms with Crippen molar-refractivity contribution in [1.82, 2.24) is 15.1 Å². The summed E-state index contributed by atoms with van der Waals surface area (Å²) >= 11 is 0. The third kappa shape index (κ3) is 6.56. The second kappa shape index (κ2) is 14.5. The second-order valence-electron chi connectivity index (χ2n) is 13.8. The molecular formula is C38H47N3O7. The fourth-order valence-electron chi connectivity index (χ4n) is 7.62. The molecule has 2 bridgehead atoms. The summed E-state index contributed by atoms with van der Waals surface area (Å²) in [4.78, 5) is 59.3. The van der Waals surface area contributed by atoms with Crippen LogP contribution in [0.25, 0.3) is 0 Å². The molecule has 3 amide bonds. The van der Waals surface area contributed by atoms with Gasteiger partial charge in [-0.3, -0.25) is 19.2 Å². The molecular weight excluding hydrogens is 610 g/mol. The number of fused-ring (bicyclic) bond motifs is 1. The molecule has 10 nitrogen and oxygen atoms in total. The van der Waals surface area contributed by atoms with Gasteiger partial charge in [-0.1, -0.05) is 72.8 Å². The van der Waals surface area contributed by atoms with E-state index in [9.17, 15) is 24.3 Å². The lowest BCUT2D eigenvalue weighted by Crippen LogP contribution is -2.60. The Morgan fingerprint density at radius 1 is 1.08 bits per heavy atom. The van der Waals surface area contributed by atoms with Crippen LogP contribution in [0.4, 0.5) is 0 Å². The van der Waals surface area contributed by atoms with Crippen molar-refractivity contribution in [2.24, 2.45) is 11.8 Å². The average Bonchev–Trinajstić information content (AvgIpc) is 3.72. The number of carbonyl (C=O) groups is 4. The van der Waals surface area contributed by atoms with Crippen molar-refractivity contribution in [2.45, 2.75) is 81.9 Å². The van der Waals surface area contributed by atoms with Crippen molar-refractivity contribution in [3.8, 4) is 0 Å². The smallest absolute Gasteiger partial charge is 0.313 e. The standard InChI is InChI=1S/C38H47N3O7/c1-6-8-19-30(43)39-23-29(26-17-13-10-14-18-26)47-36(46)31-28-20-21-38(48-28)32(31)34(44)41(27(24-42)25-15-11-9-12-16-25)33(38)35(45)40(22-7-2)37(3,4)5/h6-7,9-18,27-29,31-33,42H,1-2,8,19-24H2,3-5H3,(H,39,43)/t27-,28+,29-,31-,32-,33+,38-/m1/s1.